The van der Waals surface area contributed by atoms with Crippen LogP contribution in [0.5, 0.6) is 0 Å². The first kappa shape index (κ1) is 17.7. The van der Waals surface area contributed by atoms with E-state index in [0.717, 1.165) is 22.4 Å². The molecule has 2 aliphatic rings. The molecule has 4 heteroatoms. The van der Waals surface area contributed by atoms with Crippen molar-refractivity contribution < 1.29 is 4.79 Å². The number of nitrogens with zero attached hydrogens (tertiary/aromatic N) is 1. The van der Waals surface area contributed by atoms with Gasteiger partial charge in [0.15, 0.2) is 0 Å². The Morgan fingerprint density at radius 1 is 1.36 bits per heavy atom. The first-order chi connectivity index (χ1) is 11.8. The number of aromatic nitrogens is 1. The van der Waals surface area contributed by atoms with Crippen molar-refractivity contribution in [3.05, 3.63) is 76.7 Å². The van der Waals surface area contributed by atoms with Crippen LogP contribution < -0.4 is 5.32 Å². The molecular weight excluding hydrogens is 332 g/mol. The second-order valence-electron chi connectivity index (χ2n) is 7.09. The quantitative estimate of drug-likeness (QED) is 0.814. The number of hydrogen-bond donors (Lipinski definition) is 1. The fourth-order valence-electron chi connectivity index (χ4n) is 2.96. The maximum absolute atomic E-state index is 12.4. The standard InChI is InChI=1S/C21H23ClN2O/c1-14-4-5-15(12-23-14)13-24-20(25)18-7-6-17-11-19(21(2,3)22)9-8-16(17)10-18/h4-9,11-12,16H,10,13H2,1-3H3,(H,24,25). The molecule has 0 aliphatic heterocycles. The van der Waals surface area contributed by atoms with E-state index in [1.165, 1.54) is 5.57 Å². The number of halogens is 1. The third-order valence-corrected chi connectivity index (χ3v) is 4.80. The molecule has 0 bridgehead atoms. The lowest BCUT2D eigenvalue weighted by Gasteiger charge is -2.27. The van der Waals surface area contributed by atoms with Gasteiger partial charge in [0.05, 0.1) is 4.87 Å². The summed E-state index contributed by atoms with van der Waals surface area (Å²) in [6.07, 6.45) is 12.8. The molecule has 2 aliphatic carbocycles. The van der Waals surface area contributed by atoms with E-state index in [1.54, 1.807) is 6.20 Å². The van der Waals surface area contributed by atoms with Crippen molar-refractivity contribution in [2.45, 2.75) is 38.6 Å². The van der Waals surface area contributed by atoms with E-state index in [-0.39, 0.29) is 16.7 Å². The molecule has 1 N–H and O–H groups in total. The van der Waals surface area contributed by atoms with Crippen molar-refractivity contribution in [2.75, 3.05) is 0 Å². The van der Waals surface area contributed by atoms with Crippen LogP contribution in [0.1, 0.15) is 31.5 Å². The molecule has 3 rings (SSSR count). The summed E-state index contributed by atoms with van der Waals surface area (Å²) in [5.41, 5.74) is 5.09. The molecule has 3 nitrogen and oxygen atoms in total. The van der Waals surface area contributed by atoms with Crippen LogP contribution in [-0.2, 0) is 11.3 Å². The van der Waals surface area contributed by atoms with E-state index in [1.807, 2.05) is 45.1 Å². The Bertz CT molecular complexity index is 792. The van der Waals surface area contributed by atoms with Crippen LogP contribution in [0.25, 0.3) is 0 Å². The van der Waals surface area contributed by atoms with Crippen molar-refractivity contribution in [2.24, 2.45) is 5.92 Å². The predicted octanol–water partition coefficient (Wildman–Crippen LogP) is 4.39. The third-order valence-electron chi connectivity index (χ3n) is 4.58. The summed E-state index contributed by atoms with van der Waals surface area (Å²) in [7, 11) is 0. The molecule has 0 radical (unpaired) electrons. The van der Waals surface area contributed by atoms with Gasteiger partial charge in [-0.25, -0.2) is 0 Å². The largest absolute Gasteiger partial charge is 0.348 e. The number of pyridine rings is 1. The van der Waals surface area contributed by atoms with Crippen LogP contribution in [0.4, 0.5) is 0 Å². The van der Waals surface area contributed by atoms with Gasteiger partial charge in [-0.15, -0.1) is 11.6 Å². The first-order valence-electron chi connectivity index (χ1n) is 8.53. The van der Waals surface area contributed by atoms with Crippen molar-refractivity contribution >= 4 is 17.5 Å². The van der Waals surface area contributed by atoms with Crippen molar-refractivity contribution in [1.82, 2.24) is 10.3 Å². The van der Waals surface area contributed by atoms with Crippen molar-refractivity contribution in [3.63, 3.8) is 0 Å². The van der Waals surface area contributed by atoms with Gasteiger partial charge in [-0.2, -0.15) is 0 Å². The Balaban J connectivity index is 1.66. The van der Waals surface area contributed by atoms with E-state index in [4.69, 9.17) is 11.6 Å². The molecule has 1 aromatic heterocycles. The van der Waals surface area contributed by atoms with Gasteiger partial charge in [0.25, 0.3) is 0 Å². The van der Waals surface area contributed by atoms with Gasteiger partial charge in [0, 0.05) is 29.9 Å². The normalized spacial score (nSPS) is 19.5. The molecule has 0 saturated heterocycles. The molecule has 0 spiro atoms. The number of allylic oxidation sites excluding steroid dienone is 7. The Morgan fingerprint density at radius 3 is 2.84 bits per heavy atom. The summed E-state index contributed by atoms with van der Waals surface area (Å²) in [5.74, 6) is 0.228. The highest BCUT2D eigenvalue weighted by atomic mass is 35.5. The van der Waals surface area contributed by atoms with Crippen molar-refractivity contribution in [1.29, 1.82) is 0 Å². The first-order valence-corrected chi connectivity index (χ1v) is 8.90. The number of fused-ring (bicyclic) bond motifs is 1. The molecule has 1 unspecified atom stereocenters. The maximum atomic E-state index is 12.4. The van der Waals surface area contributed by atoms with Gasteiger partial charge in [-0.05, 0) is 50.0 Å². The van der Waals surface area contributed by atoms with Crippen LogP contribution in [0.3, 0.4) is 0 Å². The zero-order valence-electron chi connectivity index (χ0n) is 14.8. The highest BCUT2D eigenvalue weighted by Crippen LogP contribution is 2.36. The number of nitrogens with one attached hydrogen (secondary N) is 1. The summed E-state index contributed by atoms with van der Waals surface area (Å²) in [6.45, 7) is 6.42. The topological polar surface area (TPSA) is 42.0 Å². The van der Waals surface area contributed by atoms with Crippen LogP contribution in [0.2, 0.25) is 0 Å². The van der Waals surface area contributed by atoms with Gasteiger partial charge >= 0.3 is 0 Å². The lowest BCUT2D eigenvalue weighted by Crippen LogP contribution is -2.27. The lowest BCUT2D eigenvalue weighted by molar-refractivity contribution is -0.117. The summed E-state index contributed by atoms with van der Waals surface area (Å²) in [5, 5.41) is 2.98. The minimum absolute atomic E-state index is 0.0169. The Morgan fingerprint density at radius 2 is 2.16 bits per heavy atom. The number of hydrogen-bond acceptors (Lipinski definition) is 2. The second kappa shape index (κ2) is 7.01. The molecule has 0 saturated carbocycles. The van der Waals surface area contributed by atoms with E-state index in [2.05, 4.69) is 28.5 Å². The minimum Gasteiger partial charge on any atom is -0.348 e. The molecule has 25 heavy (non-hydrogen) atoms. The molecule has 1 heterocycles. The van der Waals surface area contributed by atoms with Gasteiger partial charge in [0.1, 0.15) is 0 Å². The van der Waals surface area contributed by atoms with E-state index < -0.39 is 0 Å². The Kier molecular flexibility index (Phi) is 4.96. The highest BCUT2D eigenvalue weighted by molar-refractivity contribution is 6.25. The zero-order chi connectivity index (χ0) is 18.0. The Labute approximate surface area is 154 Å². The molecule has 0 aromatic carbocycles. The molecule has 1 atom stereocenters. The summed E-state index contributed by atoms with van der Waals surface area (Å²) in [4.78, 5) is 16.3. The molecular formula is C21H23ClN2O. The fourth-order valence-corrected chi connectivity index (χ4v) is 3.08. The monoisotopic (exact) mass is 354 g/mol. The van der Waals surface area contributed by atoms with Crippen molar-refractivity contribution in [3.8, 4) is 0 Å². The maximum Gasteiger partial charge on any atom is 0.247 e. The predicted molar refractivity (Wildman–Crippen MR) is 102 cm³/mol. The number of aryl methyl sites for hydroxylation is 1. The summed E-state index contributed by atoms with van der Waals surface area (Å²) < 4.78 is 0. The SMILES string of the molecule is Cc1ccc(CNC(=O)C2=CC=C3C=C(C(C)(C)Cl)C=CC3C2)cn1. The van der Waals surface area contributed by atoms with Gasteiger partial charge < -0.3 is 5.32 Å². The number of carbonyl (C=O) groups excluding carboxylic acids is 1. The smallest absolute Gasteiger partial charge is 0.247 e. The van der Waals surface area contributed by atoms with E-state index in [0.29, 0.717) is 13.0 Å². The summed E-state index contributed by atoms with van der Waals surface area (Å²) in [6, 6.07) is 3.94. The van der Waals surface area contributed by atoms with Gasteiger partial charge in [-0.1, -0.05) is 36.4 Å². The average molecular weight is 355 g/mol. The number of carbonyl (C=O) groups is 1. The second-order valence-corrected chi connectivity index (χ2v) is 8.04. The number of alkyl halides is 1. The minimum atomic E-state index is -0.383. The van der Waals surface area contributed by atoms with Crippen LogP contribution in [0.15, 0.2) is 65.4 Å². The zero-order valence-corrected chi connectivity index (χ0v) is 15.6. The molecule has 1 amide bonds. The average Bonchev–Trinajstić information content (AvgIpc) is 2.59. The van der Waals surface area contributed by atoms with Gasteiger partial charge in [-0.3, -0.25) is 9.78 Å². The van der Waals surface area contributed by atoms with Gasteiger partial charge in [0.2, 0.25) is 5.91 Å². The van der Waals surface area contributed by atoms with E-state index in [9.17, 15) is 4.79 Å². The number of amides is 1. The van der Waals surface area contributed by atoms with Crippen LogP contribution in [0, 0.1) is 12.8 Å². The number of rotatable bonds is 4. The molecule has 0 fully saturated rings. The third kappa shape index (κ3) is 4.29. The van der Waals surface area contributed by atoms with E-state index >= 15 is 0 Å². The highest BCUT2D eigenvalue weighted by Gasteiger charge is 2.26. The van der Waals surface area contributed by atoms with Crippen LogP contribution >= 0.6 is 11.6 Å². The Hall–Kier alpha value is -2.13. The summed E-state index contributed by atoms with van der Waals surface area (Å²) >= 11 is 6.40. The molecule has 1 aromatic rings. The lowest BCUT2D eigenvalue weighted by atomic mass is 9.80. The fraction of sp³-hybridized carbons (Fsp3) is 0.333. The molecule has 130 valence electrons. The van der Waals surface area contributed by atoms with Crippen LogP contribution in [-0.4, -0.2) is 15.8 Å².